The van der Waals surface area contributed by atoms with E-state index in [1.807, 2.05) is 13.8 Å². The van der Waals surface area contributed by atoms with Crippen LogP contribution >= 0.6 is 0 Å². The van der Waals surface area contributed by atoms with Crippen LogP contribution in [0.5, 0.6) is 0 Å². The third-order valence-electron chi connectivity index (χ3n) is 3.63. The van der Waals surface area contributed by atoms with Crippen molar-refractivity contribution >= 4 is 5.91 Å². The fourth-order valence-corrected chi connectivity index (χ4v) is 2.16. The van der Waals surface area contributed by atoms with Crippen molar-refractivity contribution in [3.63, 3.8) is 0 Å². The van der Waals surface area contributed by atoms with E-state index in [9.17, 15) is 4.79 Å². The van der Waals surface area contributed by atoms with Crippen molar-refractivity contribution in [1.82, 2.24) is 10.2 Å². The highest BCUT2D eigenvalue weighted by Gasteiger charge is 2.25. The summed E-state index contributed by atoms with van der Waals surface area (Å²) in [5.74, 6) is 0.773. The van der Waals surface area contributed by atoms with Gasteiger partial charge in [-0.05, 0) is 38.6 Å². The number of hydrogen-bond donors (Lipinski definition) is 2. The highest BCUT2D eigenvalue weighted by Crippen LogP contribution is 2.17. The van der Waals surface area contributed by atoms with Crippen molar-refractivity contribution in [1.29, 1.82) is 0 Å². The molecule has 2 unspecified atom stereocenters. The van der Waals surface area contributed by atoms with Gasteiger partial charge in [-0.15, -0.1) is 0 Å². The number of nitrogens with one attached hydrogen (secondary N) is 1. The second-order valence-corrected chi connectivity index (χ2v) is 5.76. The first-order valence-electron chi connectivity index (χ1n) is 6.69. The summed E-state index contributed by atoms with van der Waals surface area (Å²) in [6, 6.07) is 0.228. The Hall–Kier alpha value is -0.610. The molecule has 4 heteroatoms. The van der Waals surface area contributed by atoms with Crippen LogP contribution in [0.25, 0.3) is 0 Å². The van der Waals surface area contributed by atoms with E-state index >= 15 is 0 Å². The molecular formula is C13H27N3O. The molecule has 0 radical (unpaired) electrons. The van der Waals surface area contributed by atoms with Gasteiger partial charge >= 0.3 is 0 Å². The maximum absolute atomic E-state index is 11.7. The molecule has 3 N–H and O–H groups in total. The highest BCUT2D eigenvalue weighted by atomic mass is 16.2. The van der Waals surface area contributed by atoms with E-state index in [0.29, 0.717) is 12.0 Å². The van der Waals surface area contributed by atoms with Crippen LogP contribution in [0, 0.1) is 11.8 Å². The van der Waals surface area contributed by atoms with Crippen LogP contribution in [0.2, 0.25) is 0 Å². The Morgan fingerprint density at radius 1 is 1.41 bits per heavy atom. The summed E-state index contributed by atoms with van der Waals surface area (Å²) in [6.45, 7) is 11.4. The molecule has 0 aliphatic carbocycles. The lowest BCUT2D eigenvalue weighted by Crippen LogP contribution is -2.45. The number of carbonyl (C=O) groups is 1. The molecule has 1 aliphatic rings. The lowest BCUT2D eigenvalue weighted by atomic mass is 10.0. The standard InChI is InChI=1S/C13H27N3O/c1-9(2)12(14)13(17)15-7-11-5-6-16(8-11)10(3)4/h9-12H,5-8,14H2,1-4H3,(H,15,17). The molecule has 1 saturated heterocycles. The molecule has 1 amide bonds. The first kappa shape index (κ1) is 14.5. The molecule has 0 spiro atoms. The lowest BCUT2D eigenvalue weighted by molar-refractivity contribution is -0.123. The summed E-state index contributed by atoms with van der Waals surface area (Å²) in [7, 11) is 0. The van der Waals surface area contributed by atoms with Crippen molar-refractivity contribution < 1.29 is 4.79 Å². The first-order chi connectivity index (χ1) is 7.91. The fraction of sp³-hybridized carbons (Fsp3) is 0.923. The number of nitrogens with zero attached hydrogens (tertiary/aromatic N) is 1. The third-order valence-corrected chi connectivity index (χ3v) is 3.63. The summed E-state index contributed by atoms with van der Waals surface area (Å²) >= 11 is 0. The molecule has 0 aromatic carbocycles. The summed E-state index contributed by atoms with van der Waals surface area (Å²) in [5, 5.41) is 2.97. The van der Waals surface area contributed by atoms with Crippen molar-refractivity contribution in [2.45, 2.75) is 46.2 Å². The molecule has 4 nitrogen and oxygen atoms in total. The maximum atomic E-state index is 11.7. The molecule has 0 aromatic heterocycles. The predicted octanol–water partition coefficient (Wildman–Crippen LogP) is 0.816. The van der Waals surface area contributed by atoms with Crippen LogP contribution in [0.1, 0.15) is 34.1 Å². The van der Waals surface area contributed by atoms with Crippen molar-refractivity contribution in [3.05, 3.63) is 0 Å². The molecule has 0 saturated carbocycles. The fourth-order valence-electron chi connectivity index (χ4n) is 2.16. The van der Waals surface area contributed by atoms with Gasteiger partial charge in [0.2, 0.25) is 5.91 Å². The average Bonchev–Trinajstić information content (AvgIpc) is 2.73. The number of carbonyl (C=O) groups excluding carboxylic acids is 1. The van der Waals surface area contributed by atoms with E-state index < -0.39 is 0 Å². The molecule has 1 fully saturated rings. The summed E-state index contributed by atoms with van der Waals surface area (Å²) in [5.41, 5.74) is 5.80. The van der Waals surface area contributed by atoms with Crippen molar-refractivity contribution in [2.75, 3.05) is 19.6 Å². The average molecular weight is 241 g/mol. The molecule has 1 rings (SSSR count). The largest absolute Gasteiger partial charge is 0.354 e. The van der Waals surface area contributed by atoms with Crippen molar-refractivity contribution in [2.24, 2.45) is 17.6 Å². The van der Waals surface area contributed by atoms with Crippen LogP contribution < -0.4 is 11.1 Å². The van der Waals surface area contributed by atoms with Crippen LogP contribution in [-0.2, 0) is 4.79 Å². The van der Waals surface area contributed by atoms with Gasteiger partial charge in [0.05, 0.1) is 6.04 Å². The number of nitrogens with two attached hydrogens (primary N) is 1. The van der Waals surface area contributed by atoms with Gasteiger partial charge in [-0.3, -0.25) is 4.79 Å². The van der Waals surface area contributed by atoms with Gasteiger partial charge in [0.15, 0.2) is 0 Å². The van der Waals surface area contributed by atoms with Crippen LogP contribution in [0.3, 0.4) is 0 Å². The second kappa shape index (κ2) is 6.36. The van der Waals surface area contributed by atoms with Crippen LogP contribution in [0.15, 0.2) is 0 Å². The van der Waals surface area contributed by atoms with Gasteiger partial charge in [-0.1, -0.05) is 13.8 Å². The Morgan fingerprint density at radius 3 is 2.53 bits per heavy atom. The molecule has 1 aliphatic heterocycles. The Morgan fingerprint density at radius 2 is 2.06 bits per heavy atom. The van der Waals surface area contributed by atoms with E-state index in [2.05, 4.69) is 24.1 Å². The summed E-state index contributed by atoms with van der Waals surface area (Å²) in [4.78, 5) is 14.2. The second-order valence-electron chi connectivity index (χ2n) is 5.76. The van der Waals surface area contributed by atoms with E-state index in [1.54, 1.807) is 0 Å². The van der Waals surface area contributed by atoms with Crippen molar-refractivity contribution in [3.8, 4) is 0 Å². The smallest absolute Gasteiger partial charge is 0.237 e. The molecule has 17 heavy (non-hydrogen) atoms. The van der Waals surface area contributed by atoms with E-state index in [1.165, 1.54) is 6.42 Å². The minimum atomic E-state index is -0.377. The number of likely N-dealkylation sites (tertiary alicyclic amines) is 1. The lowest BCUT2D eigenvalue weighted by Gasteiger charge is -2.21. The first-order valence-corrected chi connectivity index (χ1v) is 6.69. The Labute approximate surface area is 105 Å². The predicted molar refractivity (Wildman–Crippen MR) is 70.6 cm³/mol. The molecule has 0 aromatic rings. The maximum Gasteiger partial charge on any atom is 0.237 e. The highest BCUT2D eigenvalue weighted by molar-refractivity contribution is 5.81. The normalized spacial score (nSPS) is 23.4. The molecule has 0 bridgehead atoms. The van der Waals surface area contributed by atoms with E-state index in [-0.39, 0.29) is 17.9 Å². The summed E-state index contributed by atoms with van der Waals surface area (Å²) in [6.07, 6.45) is 1.18. The SMILES string of the molecule is CC(C)C(N)C(=O)NCC1CCN(C(C)C)C1. The van der Waals surface area contributed by atoms with Gasteiger partial charge < -0.3 is 16.0 Å². The van der Waals surface area contributed by atoms with Gasteiger partial charge in [0.25, 0.3) is 0 Å². The Kier molecular flexibility index (Phi) is 5.40. The zero-order valence-corrected chi connectivity index (χ0v) is 11.6. The molecule has 2 atom stereocenters. The quantitative estimate of drug-likeness (QED) is 0.749. The van der Waals surface area contributed by atoms with Gasteiger partial charge in [0, 0.05) is 19.1 Å². The number of amides is 1. The van der Waals surface area contributed by atoms with Gasteiger partial charge in [-0.25, -0.2) is 0 Å². The monoisotopic (exact) mass is 241 g/mol. The summed E-state index contributed by atoms with van der Waals surface area (Å²) < 4.78 is 0. The Bertz CT molecular complexity index is 253. The zero-order chi connectivity index (χ0) is 13.0. The van der Waals surface area contributed by atoms with Gasteiger partial charge in [-0.2, -0.15) is 0 Å². The Balaban J connectivity index is 2.26. The molecular weight excluding hydrogens is 214 g/mol. The molecule has 1 heterocycles. The van der Waals surface area contributed by atoms with E-state index in [4.69, 9.17) is 5.73 Å². The number of hydrogen-bond acceptors (Lipinski definition) is 3. The topological polar surface area (TPSA) is 58.4 Å². The zero-order valence-electron chi connectivity index (χ0n) is 11.6. The van der Waals surface area contributed by atoms with Gasteiger partial charge in [0.1, 0.15) is 0 Å². The minimum absolute atomic E-state index is 0.0111. The number of rotatable bonds is 5. The molecule has 100 valence electrons. The van der Waals surface area contributed by atoms with Crippen LogP contribution in [-0.4, -0.2) is 42.5 Å². The minimum Gasteiger partial charge on any atom is -0.354 e. The van der Waals surface area contributed by atoms with E-state index in [0.717, 1.165) is 19.6 Å². The van der Waals surface area contributed by atoms with Crippen LogP contribution in [0.4, 0.5) is 0 Å². The third kappa shape index (κ3) is 4.28.